The molecule has 0 unspecified atom stereocenters. The Morgan fingerprint density at radius 2 is 2.26 bits per heavy atom. The minimum atomic E-state index is -0.482. The Hall–Kier alpha value is -1.59. The molecule has 2 N–H and O–H groups in total. The van der Waals surface area contributed by atoms with Gasteiger partial charge >= 0.3 is 6.09 Å². The molecule has 2 rings (SSSR count). The summed E-state index contributed by atoms with van der Waals surface area (Å²) in [4.78, 5) is 13.6. The molecule has 1 heterocycles. The number of carbonyl (C=O) groups excluding carboxylic acids is 1. The van der Waals surface area contributed by atoms with Crippen LogP contribution in [0.2, 0.25) is 0 Å². The number of hydrogen-bond donors (Lipinski definition) is 2. The van der Waals surface area contributed by atoms with Gasteiger partial charge in [0.1, 0.15) is 6.61 Å². The average Bonchev–Trinajstić information content (AvgIpc) is 2.46. The topological polar surface area (TPSA) is 61.8 Å². The third-order valence-corrected chi connectivity index (χ3v) is 3.25. The van der Waals surface area contributed by atoms with Crippen molar-refractivity contribution in [3.63, 3.8) is 0 Å². The van der Waals surface area contributed by atoms with Crippen LogP contribution < -0.4 is 5.32 Å². The summed E-state index contributed by atoms with van der Waals surface area (Å²) in [6.45, 7) is 3.76. The van der Waals surface area contributed by atoms with Gasteiger partial charge in [0.2, 0.25) is 0 Å². The van der Waals surface area contributed by atoms with Gasteiger partial charge in [0.05, 0.1) is 12.1 Å². The van der Waals surface area contributed by atoms with E-state index in [1.807, 2.05) is 30.3 Å². The van der Waals surface area contributed by atoms with Crippen molar-refractivity contribution >= 4 is 6.09 Å². The summed E-state index contributed by atoms with van der Waals surface area (Å²) in [5, 5.41) is 12.7. The molecule has 0 saturated carbocycles. The van der Waals surface area contributed by atoms with E-state index in [-0.39, 0.29) is 18.7 Å². The van der Waals surface area contributed by atoms with Crippen molar-refractivity contribution in [1.29, 1.82) is 0 Å². The van der Waals surface area contributed by atoms with Crippen LogP contribution in [-0.4, -0.2) is 47.9 Å². The maximum Gasteiger partial charge on any atom is 0.410 e. The first kappa shape index (κ1) is 13.8. The van der Waals surface area contributed by atoms with Crippen molar-refractivity contribution in [2.24, 2.45) is 0 Å². The van der Waals surface area contributed by atoms with Crippen LogP contribution in [0.3, 0.4) is 0 Å². The van der Waals surface area contributed by atoms with Gasteiger partial charge in [-0.05, 0) is 12.5 Å². The Morgan fingerprint density at radius 3 is 2.95 bits per heavy atom. The number of aliphatic hydroxyl groups excluding tert-OH is 1. The fourth-order valence-corrected chi connectivity index (χ4v) is 2.08. The Bertz CT molecular complexity index is 408. The minimum absolute atomic E-state index is 0.0852. The Kier molecular flexibility index (Phi) is 4.76. The summed E-state index contributed by atoms with van der Waals surface area (Å²) >= 11 is 0. The van der Waals surface area contributed by atoms with Crippen molar-refractivity contribution in [2.45, 2.75) is 25.7 Å². The number of hydrogen-bond acceptors (Lipinski definition) is 4. The van der Waals surface area contributed by atoms with E-state index in [2.05, 4.69) is 5.32 Å². The Labute approximate surface area is 113 Å². The van der Waals surface area contributed by atoms with Gasteiger partial charge in [-0.25, -0.2) is 4.79 Å². The lowest BCUT2D eigenvalue weighted by molar-refractivity contribution is 0.0621. The molecule has 1 saturated heterocycles. The van der Waals surface area contributed by atoms with Crippen molar-refractivity contribution in [3.8, 4) is 0 Å². The van der Waals surface area contributed by atoms with Crippen LogP contribution >= 0.6 is 0 Å². The van der Waals surface area contributed by atoms with E-state index in [0.29, 0.717) is 19.6 Å². The standard InChI is InChI=1S/C14H20N2O3/c1-11(17)13-9-16(8-7-15-13)14(18)19-10-12-5-3-2-4-6-12/h2-6,11,13,15,17H,7-10H2,1H3/t11-,13-/m1/s1. The van der Waals surface area contributed by atoms with Crippen molar-refractivity contribution in [2.75, 3.05) is 19.6 Å². The zero-order valence-electron chi connectivity index (χ0n) is 11.1. The number of ether oxygens (including phenoxy) is 1. The number of aliphatic hydroxyl groups is 1. The highest BCUT2D eigenvalue weighted by molar-refractivity contribution is 5.67. The predicted molar refractivity (Wildman–Crippen MR) is 71.7 cm³/mol. The van der Waals surface area contributed by atoms with Gasteiger partial charge in [-0.2, -0.15) is 0 Å². The summed E-state index contributed by atoms with van der Waals surface area (Å²) in [6.07, 6.45) is -0.805. The van der Waals surface area contributed by atoms with E-state index in [1.165, 1.54) is 0 Å². The number of nitrogens with one attached hydrogen (secondary N) is 1. The molecule has 0 aromatic heterocycles. The molecular weight excluding hydrogens is 244 g/mol. The minimum Gasteiger partial charge on any atom is -0.445 e. The fraction of sp³-hybridized carbons (Fsp3) is 0.500. The molecule has 5 heteroatoms. The number of benzene rings is 1. The van der Waals surface area contributed by atoms with Crippen molar-refractivity contribution < 1.29 is 14.6 Å². The van der Waals surface area contributed by atoms with Crippen LogP contribution in [0.4, 0.5) is 4.79 Å². The second-order valence-corrected chi connectivity index (χ2v) is 4.79. The van der Waals surface area contributed by atoms with E-state index >= 15 is 0 Å². The summed E-state index contributed by atoms with van der Waals surface area (Å²) in [7, 11) is 0. The Morgan fingerprint density at radius 1 is 1.53 bits per heavy atom. The summed E-state index contributed by atoms with van der Waals surface area (Å²) in [5.41, 5.74) is 0.970. The number of carbonyl (C=O) groups is 1. The van der Waals surface area contributed by atoms with E-state index in [9.17, 15) is 9.90 Å². The van der Waals surface area contributed by atoms with E-state index in [0.717, 1.165) is 5.56 Å². The molecular formula is C14H20N2O3. The van der Waals surface area contributed by atoms with Gasteiger partial charge in [0.25, 0.3) is 0 Å². The number of amides is 1. The smallest absolute Gasteiger partial charge is 0.410 e. The second-order valence-electron chi connectivity index (χ2n) is 4.79. The zero-order chi connectivity index (χ0) is 13.7. The highest BCUT2D eigenvalue weighted by Crippen LogP contribution is 2.07. The molecule has 5 nitrogen and oxygen atoms in total. The number of piperazine rings is 1. The first-order valence-electron chi connectivity index (χ1n) is 6.54. The maximum atomic E-state index is 11.9. The van der Waals surface area contributed by atoms with Crippen LogP contribution in [-0.2, 0) is 11.3 Å². The lowest BCUT2D eigenvalue weighted by atomic mass is 10.1. The quantitative estimate of drug-likeness (QED) is 0.854. The number of nitrogens with zero attached hydrogens (tertiary/aromatic N) is 1. The molecule has 0 bridgehead atoms. The van der Waals surface area contributed by atoms with Crippen LogP contribution in [0, 0.1) is 0 Å². The largest absolute Gasteiger partial charge is 0.445 e. The molecule has 0 spiro atoms. The van der Waals surface area contributed by atoms with Crippen LogP contribution in [0.15, 0.2) is 30.3 Å². The van der Waals surface area contributed by atoms with Crippen molar-refractivity contribution in [1.82, 2.24) is 10.2 Å². The van der Waals surface area contributed by atoms with Crippen LogP contribution in [0.1, 0.15) is 12.5 Å². The zero-order valence-corrected chi connectivity index (χ0v) is 11.1. The molecule has 2 atom stereocenters. The average molecular weight is 264 g/mol. The van der Waals surface area contributed by atoms with Gasteiger partial charge < -0.3 is 20.1 Å². The van der Waals surface area contributed by atoms with Gasteiger partial charge in [-0.1, -0.05) is 30.3 Å². The molecule has 1 aliphatic rings. The highest BCUT2D eigenvalue weighted by Gasteiger charge is 2.26. The van der Waals surface area contributed by atoms with E-state index in [1.54, 1.807) is 11.8 Å². The lowest BCUT2D eigenvalue weighted by Crippen LogP contribution is -2.56. The second kappa shape index (κ2) is 6.54. The SMILES string of the molecule is C[C@@H](O)[C@H]1CN(C(=O)OCc2ccccc2)CCN1. The molecule has 1 aromatic carbocycles. The van der Waals surface area contributed by atoms with Gasteiger partial charge in [0, 0.05) is 19.6 Å². The van der Waals surface area contributed by atoms with Crippen LogP contribution in [0.25, 0.3) is 0 Å². The summed E-state index contributed by atoms with van der Waals surface area (Å²) < 4.78 is 5.27. The first-order chi connectivity index (χ1) is 9.16. The molecule has 1 aliphatic heterocycles. The van der Waals surface area contributed by atoms with Gasteiger partial charge in [0.15, 0.2) is 0 Å². The molecule has 0 radical (unpaired) electrons. The lowest BCUT2D eigenvalue weighted by Gasteiger charge is -2.34. The van der Waals surface area contributed by atoms with Crippen molar-refractivity contribution in [3.05, 3.63) is 35.9 Å². The molecule has 1 amide bonds. The third kappa shape index (κ3) is 3.94. The molecule has 104 valence electrons. The van der Waals surface area contributed by atoms with Gasteiger partial charge in [-0.15, -0.1) is 0 Å². The summed E-state index contributed by atoms with van der Waals surface area (Å²) in [6, 6.07) is 9.51. The Balaban J connectivity index is 1.83. The highest BCUT2D eigenvalue weighted by atomic mass is 16.6. The van der Waals surface area contributed by atoms with Crippen LogP contribution in [0.5, 0.6) is 0 Å². The third-order valence-electron chi connectivity index (χ3n) is 3.25. The van der Waals surface area contributed by atoms with E-state index in [4.69, 9.17) is 4.74 Å². The fourth-order valence-electron chi connectivity index (χ4n) is 2.08. The first-order valence-corrected chi connectivity index (χ1v) is 6.54. The predicted octanol–water partition coefficient (Wildman–Crippen LogP) is 0.978. The maximum absolute atomic E-state index is 11.9. The van der Waals surface area contributed by atoms with Gasteiger partial charge in [-0.3, -0.25) is 0 Å². The van der Waals surface area contributed by atoms with E-state index < -0.39 is 6.10 Å². The normalized spacial score (nSPS) is 20.9. The molecule has 19 heavy (non-hydrogen) atoms. The molecule has 1 fully saturated rings. The molecule has 0 aliphatic carbocycles. The number of rotatable bonds is 3. The monoisotopic (exact) mass is 264 g/mol. The molecule has 1 aromatic rings. The summed E-state index contributed by atoms with van der Waals surface area (Å²) in [5.74, 6) is 0.